The molecule has 1 aliphatic carbocycles. The van der Waals surface area contributed by atoms with Crippen molar-refractivity contribution in [3.05, 3.63) is 48.2 Å². The number of carbonyl (C=O) groups is 1. The smallest absolute Gasteiger partial charge is 0.248 e. The fraction of sp³-hybridized carbons (Fsp3) is 0.423. The van der Waals surface area contributed by atoms with Gasteiger partial charge in [0.25, 0.3) is 0 Å². The van der Waals surface area contributed by atoms with Crippen LogP contribution in [0.1, 0.15) is 62.6 Å². The molecule has 1 aliphatic heterocycles. The Morgan fingerprint density at radius 2 is 1.92 bits per heavy atom. The van der Waals surface area contributed by atoms with E-state index >= 15 is 0 Å². The number of H-pyrrole nitrogens is 1. The molecule has 0 radical (unpaired) electrons. The summed E-state index contributed by atoms with van der Waals surface area (Å²) in [6.07, 6.45) is 10.8. The number of hydrogen-bond donors (Lipinski definition) is 3. The van der Waals surface area contributed by atoms with E-state index in [1.54, 1.807) is 23.1 Å². The van der Waals surface area contributed by atoms with Crippen LogP contribution >= 0.6 is 0 Å². The fourth-order valence-electron chi connectivity index (χ4n) is 5.83. The van der Waals surface area contributed by atoms with Gasteiger partial charge in [-0.2, -0.15) is 9.61 Å². The summed E-state index contributed by atoms with van der Waals surface area (Å²) in [6, 6.07) is 3.94. The molecule has 0 bridgehead atoms. The summed E-state index contributed by atoms with van der Waals surface area (Å²) in [5, 5.41) is 14.0. The highest BCUT2D eigenvalue weighted by molar-refractivity contribution is 5.79. The number of piperidine rings is 1. The number of hydrogen-bond acceptors (Lipinski definition) is 7. The van der Waals surface area contributed by atoms with Crippen molar-refractivity contribution >= 4 is 17.4 Å². The number of nitrogens with two attached hydrogens (primary N) is 1. The molecule has 186 valence electrons. The minimum Gasteiger partial charge on any atom is -0.387 e. The van der Waals surface area contributed by atoms with Crippen molar-refractivity contribution < 1.29 is 9.90 Å². The first-order valence-electron chi connectivity index (χ1n) is 12.5. The number of pyridine rings is 1. The van der Waals surface area contributed by atoms with Crippen molar-refractivity contribution in [2.75, 3.05) is 12.3 Å². The maximum Gasteiger partial charge on any atom is 0.248 e. The summed E-state index contributed by atoms with van der Waals surface area (Å²) >= 11 is 0. The van der Waals surface area contributed by atoms with E-state index in [1.807, 2.05) is 37.1 Å². The van der Waals surface area contributed by atoms with Crippen LogP contribution in [-0.4, -0.2) is 64.2 Å². The molecule has 4 aromatic rings. The highest BCUT2D eigenvalue weighted by atomic mass is 16.3. The van der Waals surface area contributed by atoms with Gasteiger partial charge in [-0.1, -0.05) is 6.07 Å². The second-order valence-corrected chi connectivity index (χ2v) is 10.1. The Balaban J connectivity index is 1.41. The van der Waals surface area contributed by atoms with Crippen LogP contribution in [0.15, 0.2) is 36.9 Å². The molecule has 36 heavy (non-hydrogen) atoms. The van der Waals surface area contributed by atoms with Crippen molar-refractivity contribution in [3.8, 4) is 22.6 Å². The number of nitrogens with one attached hydrogen (secondary N) is 1. The molecular formula is C26H30N8O2. The van der Waals surface area contributed by atoms with E-state index in [0.29, 0.717) is 17.4 Å². The third kappa shape index (κ3) is 3.72. The minimum atomic E-state index is -0.463. The van der Waals surface area contributed by atoms with Crippen LogP contribution in [0.2, 0.25) is 0 Å². The van der Waals surface area contributed by atoms with Crippen LogP contribution < -0.4 is 5.73 Å². The quantitative estimate of drug-likeness (QED) is 0.394. The van der Waals surface area contributed by atoms with E-state index in [1.165, 1.54) is 0 Å². The van der Waals surface area contributed by atoms with E-state index < -0.39 is 6.61 Å². The number of nitrogens with zero attached hydrogens (tertiary/aromatic N) is 6. The van der Waals surface area contributed by atoms with Gasteiger partial charge in [-0.15, -0.1) is 0 Å². The molecule has 0 spiro atoms. The maximum absolute atomic E-state index is 12.3. The third-order valence-corrected chi connectivity index (χ3v) is 7.56. The molecule has 0 aromatic carbocycles. The van der Waals surface area contributed by atoms with Crippen molar-refractivity contribution in [1.29, 1.82) is 0 Å². The van der Waals surface area contributed by atoms with Crippen molar-refractivity contribution in [3.63, 3.8) is 0 Å². The second-order valence-electron chi connectivity index (χ2n) is 10.1. The lowest BCUT2D eigenvalue weighted by atomic mass is 9.82. The molecule has 2 fully saturated rings. The number of nitrogen functional groups attached to an aromatic ring is 1. The van der Waals surface area contributed by atoms with E-state index in [9.17, 15) is 9.90 Å². The van der Waals surface area contributed by atoms with Crippen LogP contribution in [0.5, 0.6) is 0 Å². The molecule has 4 aromatic heterocycles. The Kier molecular flexibility index (Phi) is 5.48. The lowest BCUT2D eigenvalue weighted by Crippen LogP contribution is -2.50. The molecule has 10 nitrogen and oxygen atoms in total. The zero-order valence-electron chi connectivity index (χ0n) is 20.4. The molecule has 1 amide bonds. The van der Waals surface area contributed by atoms with E-state index in [0.717, 1.165) is 59.6 Å². The number of aromatic nitrogens is 6. The van der Waals surface area contributed by atoms with Gasteiger partial charge in [0.05, 0.1) is 11.9 Å². The molecule has 3 atom stereocenters. The predicted octanol–water partition coefficient (Wildman–Crippen LogP) is 3.12. The molecule has 6 rings (SSSR count). The Hall–Kier alpha value is -3.79. The number of amides is 1. The topological polar surface area (TPSA) is 138 Å². The van der Waals surface area contributed by atoms with E-state index in [2.05, 4.69) is 20.1 Å². The maximum atomic E-state index is 12.3. The van der Waals surface area contributed by atoms with Crippen LogP contribution in [0.4, 0.5) is 5.82 Å². The van der Waals surface area contributed by atoms with Gasteiger partial charge < -0.3 is 20.7 Å². The average molecular weight is 487 g/mol. The predicted molar refractivity (Wildman–Crippen MR) is 135 cm³/mol. The number of imidazole rings is 1. The zero-order valence-corrected chi connectivity index (χ0v) is 20.4. The molecule has 2 aliphatic rings. The van der Waals surface area contributed by atoms with Crippen LogP contribution in [-0.2, 0) is 4.79 Å². The SMILES string of the molecule is CC1CC(c2nc3c(-c4ccc(-c5ncc[nH]5)nc4)cnn3c(N)c2C2CC2)C[C@H](C)N1C(=O)CO. The number of anilines is 1. The van der Waals surface area contributed by atoms with Gasteiger partial charge in [-0.25, -0.2) is 9.97 Å². The molecule has 2 unspecified atom stereocenters. The number of carbonyl (C=O) groups excluding carboxylic acids is 1. The Morgan fingerprint density at radius 1 is 1.14 bits per heavy atom. The number of aliphatic hydroxyl groups is 1. The van der Waals surface area contributed by atoms with Crippen LogP contribution in [0, 0.1) is 0 Å². The molecule has 1 saturated carbocycles. The minimum absolute atomic E-state index is 0.00688. The van der Waals surface area contributed by atoms with E-state index in [4.69, 9.17) is 10.7 Å². The summed E-state index contributed by atoms with van der Waals surface area (Å²) in [7, 11) is 0. The monoisotopic (exact) mass is 486 g/mol. The Morgan fingerprint density at radius 3 is 2.53 bits per heavy atom. The first-order valence-corrected chi connectivity index (χ1v) is 12.5. The molecule has 10 heteroatoms. The standard InChI is InChI=1S/C26H30N8O2/c1-14-9-18(10-15(2)33(14)21(36)13-35)23-22(16-3-4-16)24(27)34-26(32-23)19(12-31-34)17-5-6-20(30-11-17)25-28-7-8-29-25/h5-8,11-12,14-16,18,35H,3-4,9-10,13,27H2,1-2H3,(H,28,29)/t14-,15?,18?/m0/s1. The summed E-state index contributed by atoms with van der Waals surface area (Å²) in [5.74, 6) is 1.72. The Bertz CT molecular complexity index is 1400. The van der Waals surface area contributed by atoms with E-state index in [-0.39, 0.29) is 23.9 Å². The molecule has 1 saturated heterocycles. The van der Waals surface area contributed by atoms with Crippen molar-refractivity contribution in [2.45, 2.75) is 63.5 Å². The van der Waals surface area contributed by atoms with Gasteiger partial charge >= 0.3 is 0 Å². The van der Waals surface area contributed by atoms with Gasteiger partial charge in [0.15, 0.2) is 11.5 Å². The number of fused-ring (bicyclic) bond motifs is 1. The summed E-state index contributed by atoms with van der Waals surface area (Å²) < 4.78 is 1.75. The zero-order chi connectivity index (χ0) is 25.0. The molecular weight excluding hydrogens is 456 g/mol. The van der Waals surface area contributed by atoms with Crippen molar-refractivity contribution in [1.82, 2.24) is 34.4 Å². The van der Waals surface area contributed by atoms with Gasteiger partial charge in [0.1, 0.15) is 18.1 Å². The molecule has 4 N–H and O–H groups in total. The highest BCUT2D eigenvalue weighted by Crippen LogP contribution is 2.48. The Labute approximate surface area is 208 Å². The summed E-state index contributed by atoms with van der Waals surface area (Å²) in [6.45, 7) is 3.63. The lowest BCUT2D eigenvalue weighted by Gasteiger charge is -2.42. The lowest BCUT2D eigenvalue weighted by molar-refractivity contribution is -0.140. The molecule has 5 heterocycles. The number of rotatable bonds is 5. The summed E-state index contributed by atoms with van der Waals surface area (Å²) in [4.78, 5) is 31.3. The third-order valence-electron chi connectivity index (χ3n) is 7.56. The van der Waals surface area contributed by atoms with Gasteiger partial charge in [0, 0.05) is 53.3 Å². The van der Waals surface area contributed by atoms with Crippen LogP contribution in [0.3, 0.4) is 0 Å². The number of aromatic amines is 1. The van der Waals surface area contributed by atoms with Gasteiger partial charge in [-0.05, 0) is 51.5 Å². The fourth-order valence-corrected chi connectivity index (χ4v) is 5.83. The second kappa shape index (κ2) is 8.70. The highest BCUT2D eigenvalue weighted by Gasteiger charge is 2.39. The van der Waals surface area contributed by atoms with Gasteiger partial charge in [0.2, 0.25) is 5.91 Å². The van der Waals surface area contributed by atoms with Crippen LogP contribution in [0.25, 0.3) is 28.3 Å². The average Bonchev–Trinajstić information content (AvgIpc) is 3.37. The largest absolute Gasteiger partial charge is 0.387 e. The first kappa shape index (κ1) is 22.7. The summed E-state index contributed by atoms with van der Waals surface area (Å²) in [5.41, 5.74) is 12.1. The first-order chi connectivity index (χ1) is 17.5. The number of aliphatic hydroxyl groups excluding tert-OH is 1. The van der Waals surface area contributed by atoms with Gasteiger partial charge in [-0.3, -0.25) is 9.78 Å². The van der Waals surface area contributed by atoms with Crippen molar-refractivity contribution in [2.24, 2.45) is 0 Å². The number of likely N-dealkylation sites (tertiary alicyclic amines) is 1. The normalized spacial score (nSPS) is 22.3.